The van der Waals surface area contributed by atoms with Crippen LogP contribution in [-0.2, 0) is 4.79 Å². The van der Waals surface area contributed by atoms with E-state index < -0.39 is 0 Å². The summed E-state index contributed by atoms with van der Waals surface area (Å²) in [5.74, 6) is 2.89. The normalized spacial score (nSPS) is 56.9. The molecule has 0 aliphatic heterocycles. The standard InChI is InChI=1S/C30H48O2/c1-18-9-12-27(5)15-16-29(7)20(24(27)19(18)2)17-21(31)25-28(6)13-11-23(32)26(3,4)22(28)10-14-30(25,29)8/h17-19,22-25,32H,9-16H2,1-8H3/t18-,19+,22?,23+,24+,25?,27-,28+,29-,30-/m1/s1. The number of hydrogen-bond acceptors (Lipinski definition) is 2. The Morgan fingerprint density at radius 2 is 1.56 bits per heavy atom. The lowest BCUT2D eigenvalue weighted by Crippen LogP contribution is -2.66. The Labute approximate surface area is 197 Å². The average Bonchev–Trinajstić information content (AvgIpc) is 2.70. The molecule has 0 aromatic rings. The van der Waals surface area contributed by atoms with E-state index in [1.54, 1.807) is 0 Å². The van der Waals surface area contributed by atoms with E-state index in [1.165, 1.54) is 31.3 Å². The van der Waals surface area contributed by atoms with Gasteiger partial charge in [0.1, 0.15) is 0 Å². The third kappa shape index (κ3) is 2.60. The van der Waals surface area contributed by atoms with Crippen LogP contribution in [0.15, 0.2) is 11.6 Å². The van der Waals surface area contributed by atoms with Gasteiger partial charge in [-0.1, -0.05) is 61.0 Å². The molecule has 0 saturated heterocycles. The van der Waals surface area contributed by atoms with Crippen LogP contribution in [0.1, 0.15) is 107 Å². The molecule has 4 saturated carbocycles. The van der Waals surface area contributed by atoms with Gasteiger partial charge in [0.25, 0.3) is 0 Å². The fraction of sp³-hybridized carbons (Fsp3) is 0.900. The van der Waals surface area contributed by atoms with E-state index >= 15 is 0 Å². The molecule has 2 nitrogen and oxygen atoms in total. The van der Waals surface area contributed by atoms with Crippen LogP contribution in [0.3, 0.4) is 0 Å². The molecule has 2 unspecified atom stereocenters. The van der Waals surface area contributed by atoms with Crippen molar-refractivity contribution in [2.75, 3.05) is 0 Å². The van der Waals surface area contributed by atoms with Crippen molar-refractivity contribution in [3.05, 3.63) is 11.6 Å². The first-order valence-corrected chi connectivity index (χ1v) is 13.7. The maximum Gasteiger partial charge on any atom is 0.159 e. The van der Waals surface area contributed by atoms with Crippen LogP contribution in [0.4, 0.5) is 0 Å². The van der Waals surface area contributed by atoms with E-state index in [2.05, 4.69) is 61.5 Å². The summed E-state index contributed by atoms with van der Waals surface area (Å²) in [6, 6.07) is 0. The van der Waals surface area contributed by atoms with Gasteiger partial charge in [0, 0.05) is 5.92 Å². The van der Waals surface area contributed by atoms with Gasteiger partial charge in [0.05, 0.1) is 6.10 Å². The Morgan fingerprint density at radius 3 is 2.25 bits per heavy atom. The minimum absolute atomic E-state index is 0.00984. The predicted molar refractivity (Wildman–Crippen MR) is 131 cm³/mol. The van der Waals surface area contributed by atoms with Crippen LogP contribution in [0.25, 0.3) is 0 Å². The average molecular weight is 441 g/mol. The molecule has 180 valence electrons. The minimum atomic E-state index is -0.245. The zero-order valence-corrected chi connectivity index (χ0v) is 22.1. The van der Waals surface area contributed by atoms with Crippen LogP contribution in [-0.4, -0.2) is 17.0 Å². The second-order valence-corrected chi connectivity index (χ2v) is 14.7. The zero-order chi connectivity index (χ0) is 23.5. The summed E-state index contributed by atoms with van der Waals surface area (Å²) in [7, 11) is 0. The van der Waals surface area contributed by atoms with Crippen LogP contribution in [0.5, 0.6) is 0 Å². The highest BCUT2D eigenvalue weighted by Gasteiger charge is 2.70. The Bertz CT molecular complexity index is 855. The number of hydrogen-bond donors (Lipinski definition) is 1. The third-order valence-corrected chi connectivity index (χ3v) is 13.1. The Hall–Kier alpha value is -0.630. The zero-order valence-electron chi connectivity index (χ0n) is 22.1. The summed E-state index contributed by atoms with van der Waals surface area (Å²) in [5, 5.41) is 10.9. The third-order valence-electron chi connectivity index (χ3n) is 13.1. The lowest BCUT2D eigenvalue weighted by Gasteiger charge is -2.70. The van der Waals surface area contributed by atoms with Crippen molar-refractivity contribution in [2.45, 2.75) is 113 Å². The summed E-state index contributed by atoms with van der Waals surface area (Å²) in [6.45, 7) is 19.4. The molecule has 2 heteroatoms. The number of carbonyl (C=O) groups excluding carboxylic acids is 1. The van der Waals surface area contributed by atoms with Crippen LogP contribution < -0.4 is 0 Å². The van der Waals surface area contributed by atoms with E-state index in [0.717, 1.165) is 31.6 Å². The summed E-state index contributed by atoms with van der Waals surface area (Å²) in [4.78, 5) is 14.2. The number of rotatable bonds is 0. The first-order chi connectivity index (χ1) is 14.7. The summed E-state index contributed by atoms with van der Waals surface area (Å²) in [6.07, 6.45) is 11.3. The van der Waals surface area contributed by atoms with Crippen molar-refractivity contribution < 1.29 is 9.90 Å². The molecule has 0 amide bonds. The SMILES string of the molecule is C[C@H]1[C@H](C)CC[C@]2(C)CC[C@]3(C)C(=CC(=O)C4[C@@]5(C)CC[C@H](O)C(C)(C)C5CC[C@]43C)[C@H]12. The molecule has 32 heavy (non-hydrogen) atoms. The number of fused-ring (bicyclic) bond motifs is 7. The van der Waals surface area contributed by atoms with Crippen LogP contribution in [0, 0.1) is 56.7 Å². The highest BCUT2D eigenvalue weighted by molar-refractivity contribution is 5.95. The topological polar surface area (TPSA) is 37.3 Å². The molecule has 0 bridgehead atoms. The second kappa shape index (κ2) is 6.73. The van der Waals surface area contributed by atoms with Crippen molar-refractivity contribution in [1.29, 1.82) is 0 Å². The summed E-state index contributed by atoms with van der Waals surface area (Å²) < 4.78 is 0. The van der Waals surface area contributed by atoms with Gasteiger partial charge in [-0.3, -0.25) is 4.79 Å². The van der Waals surface area contributed by atoms with Gasteiger partial charge in [0.2, 0.25) is 0 Å². The summed E-state index contributed by atoms with van der Waals surface area (Å²) in [5.41, 5.74) is 1.92. The minimum Gasteiger partial charge on any atom is -0.393 e. The lowest BCUT2D eigenvalue weighted by atomic mass is 9.33. The number of aliphatic hydroxyl groups is 1. The van der Waals surface area contributed by atoms with Crippen molar-refractivity contribution in [2.24, 2.45) is 56.7 Å². The molecule has 0 heterocycles. The molecular weight excluding hydrogens is 392 g/mol. The molecule has 1 N–H and O–H groups in total. The van der Waals surface area contributed by atoms with Crippen molar-refractivity contribution in [3.8, 4) is 0 Å². The van der Waals surface area contributed by atoms with Crippen molar-refractivity contribution >= 4 is 5.78 Å². The first kappa shape index (κ1) is 23.1. The van der Waals surface area contributed by atoms with Gasteiger partial charge in [-0.25, -0.2) is 0 Å². The number of aliphatic hydroxyl groups excluding tert-OH is 1. The van der Waals surface area contributed by atoms with Crippen molar-refractivity contribution in [3.63, 3.8) is 0 Å². The number of ketones is 1. The van der Waals surface area contributed by atoms with E-state index in [1.807, 2.05) is 0 Å². The monoisotopic (exact) mass is 440 g/mol. The summed E-state index contributed by atoms with van der Waals surface area (Å²) >= 11 is 0. The molecule has 5 aliphatic rings. The molecule has 0 aromatic heterocycles. The molecule has 0 aromatic carbocycles. The van der Waals surface area contributed by atoms with Crippen LogP contribution >= 0.6 is 0 Å². The van der Waals surface area contributed by atoms with E-state index in [9.17, 15) is 9.90 Å². The molecule has 5 aliphatic carbocycles. The first-order valence-electron chi connectivity index (χ1n) is 13.7. The molecule has 0 radical (unpaired) electrons. The quantitative estimate of drug-likeness (QED) is 0.432. The second-order valence-electron chi connectivity index (χ2n) is 14.7. The van der Waals surface area contributed by atoms with Crippen LogP contribution in [0.2, 0.25) is 0 Å². The smallest absolute Gasteiger partial charge is 0.159 e. The van der Waals surface area contributed by atoms with E-state index in [-0.39, 0.29) is 33.7 Å². The van der Waals surface area contributed by atoms with Gasteiger partial charge < -0.3 is 5.11 Å². The van der Waals surface area contributed by atoms with E-state index in [0.29, 0.717) is 29.0 Å². The predicted octanol–water partition coefficient (Wildman–Crippen LogP) is 7.20. The Morgan fingerprint density at radius 1 is 0.875 bits per heavy atom. The highest BCUT2D eigenvalue weighted by atomic mass is 16.3. The Balaban J connectivity index is 1.64. The fourth-order valence-electron chi connectivity index (χ4n) is 10.7. The largest absolute Gasteiger partial charge is 0.393 e. The molecular formula is C30H48O2. The van der Waals surface area contributed by atoms with Gasteiger partial charge >= 0.3 is 0 Å². The van der Waals surface area contributed by atoms with Gasteiger partial charge in [-0.15, -0.1) is 0 Å². The maximum absolute atomic E-state index is 14.2. The van der Waals surface area contributed by atoms with Crippen molar-refractivity contribution in [1.82, 2.24) is 0 Å². The Kier molecular flexibility index (Phi) is 4.87. The van der Waals surface area contributed by atoms with E-state index in [4.69, 9.17) is 0 Å². The number of carbonyl (C=O) groups is 1. The molecule has 4 fully saturated rings. The number of allylic oxidation sites excluding steroid dienone is 2. The maximum atomic E-state index is 14.2. The molecule has 0 spiro atoms. The molecule has 10 atom stereocenters. The molecule has 5 rings (SSSR count). The highest BCUT2D eigenvalue weighted by Crippen LogP contribution is 2.75. The fourth-order valence-corrected chi connectivity index (χ4v) is 10.7. The van der Waals surface area contributed by atoms with Gasteiger partial charge in [0.15, 0.2) is 5.78 Å². The van der Waals surface area contributed by atoms with Gasteiger partial charge in [-0.05, 0) is 108 Å². The lowest BCUT2D eigenvalue weighted by molar-refractivity contribution is -0.202. The van der Waals surface area contributed by atoms with Gasteiger partial charge in [-0.2, -0.15) is 0 Å².